The second-order valence-electron chi connectivity index (χ2n) is 4.11. The van der Waals surface area contributed by atoms with Gasteiger partial charge in [0.2, 0.25) is 0 Å². The lowest BCUT2D eigenvalue weighted by Crippen LogP contribution is -2.32. The van der Waals surface area contributed by atoms with Crippen molar-refractivity contribution in [1.82, 2.24) is 0 Å². The van der Waals surface area contributed by atoms with Crippen molar-refractivity contribution < 1.29 is 4.74 Å². The largest absolute Gasteiger partial charge is 0.380 e. The highest BCUT2D eigenvalue weighted by molar-refractivity contribution is 14.1. The van der Waals surface area contributed by atoms with E-state index in [1.165, 1.54) is 19.3 Å². The number of methoxy groups -OCH3 is 1. The lowest BCUT2D eigenvalue weighted by atomic mass is 9.80. The zero-order valence-corrected chi connectivity index (χ0v) is 10.4. The molecule has 0 amide bonds. The van der Waals surface area contributed by atoms with Crippen molar-refractivity contribution in [2.45, 2.75) is 43.1 Å². The summed E-state index contributed by atoms with van der Waals surface area (Å²) in [5, 5.41) is 0. The molecular weight excluding hydrogens is 263 g/mol. The summed E-state index contributed by atoms with van der Waals surface area (Å²) in [4.78, 5) is 0. The Labute approximate surface area is 89.4 Å². The van der Waals surface area contributed by atoms with Gasteiger partial charge in [-0.25, -0.2) is 0 Å². The third kappa shape index (κ3) is 2.59. The summed E-state index contributed by atoms with van der Waals surface area (Å²) < 4.78 is 6.15. The third-order valence-electron chi connectivity index (χ3n) is 3.00. The third-order valence-corrected chi connectivity index (χ3v) is 4.31. The van der Waals surface area contributed by atoms with Gasteiger partial charge in [0.05, 0.1) is 6.10 Å². The number of hydrogen-bond acceptors (Lipinski definition) is 1. The highest BCUT2D eigenvalue weighted by Gasteiger charge is 2.29. The number of halogens is 1. The Balaban J connectivity index is 2.40. The zero-order chi connectivity index (χ0) is 9.14. The van der Waals surface area contributed by atoms with Gasteiger partial charge >= 0.3 is 0 Å². The number of alkyl halides is 1. The maximum atomic E-state index is 5.42. The summed E-state index contributed by atoms with van der Waals surface area (Å²) in [7, 11) is 1.84. The normalized spacial score (nSPS) is 37.2. The molecule has 72 valence electrons. The smallest absolute Gasteiger partial charge is 0.0689 e. The Bertz CT molecular complexity index is 136. The van der Waals surface area contributed by atoms with Crippen LogP contribution in [0.15, 0.2) is 0 Å². The fourth-order valence-corrected chi connectivity index (χ4v) is 3.30. The molecule has 0 heterocycles. The van der Waals surface area contributed by atoms with Gasteiger partial charge in [-0.05, 0) is 31.1 Å². The van der Waals surface area contributed by atoms with Crippen LogP contribution in [-0.4, -0.2) is 17.1 Å². The Hall–Kier alpha value is 0.690. The van der Waals surface area contributed by atoms with E-state index in [0.717, 1.165) is 15.8 Å². The van der Waals surface area contributed by atoms with Crippen molar-refractivity contribution in [3.63, 3.8) is 0 Å². The fraction of sp³-hybridized carbons (Fsp3) is 1.00. The van der Waals surface area contributed by atoms with Crippen LogP contribution in [0.4, 0.5) is 0 Å². The zero-order valence-electron chi connectivity index (χ0n) is 8.22. The Morgan fingerprint density at radius 1 is 1.33 bits per heavy atom. The Kier molecular flexibility index (Phi) is 4.30. The molecule has 1 rings (SSSR count). The number of hydrogen-bond donors (Lipinski definition) is 0. The molecule has 1 fully saturated rings. The maximum absolute atomic E-state index is 5.42. The van der Waals surface area contributed by atoms with Gasteiger partial charge in [-0.2, -0.15) is 0 Å². The van der Waals surface area contributed by atoms with Crippen LogP contribution < -0.4 is 0 Å². The molecule has 0 aromatic carbocycles. The molecule has 0 aromatic heterocycles. The average molecular weight is 282 g/mol. The van der Waals surface area contributed by atoms with E-state index in [1.54, 1.807) is 0 Å². The van der Waals surface area contributed by atoms with Crippen LogP contribution in [0.25, 0.3) is 0 Å². The lowest BCUT2D eigenvalue weighted by molar-refractivity contribution is 0.0595. The fourth-order valence-electron chi connectivity index (χ4n) is 1.99. The molecule has 0 saturated heterocycles. The van der Waals surface area contributed by atoms with Crippen molar-refractivity contribution in [2.75, 3.05) is 7.11 Å². The SMILES string of the molecule is COC1CC[C@H](C(C)C)CC1I. The van der Waals surface area contributed by atoms with Gasteiger partial charge in [-0.1, -0.05) is 36.4 Å². The molecule has 0 N–H and O–H groups in total. The summed E-state index contributed by atoms with van der Waals surface area (Å²) in [6, 6.07) is 0. The molecule has 1 aliphatic rings. The summed E-state index contributed by atoms with van der Waals surface area (Å²) in [5.41, 5.74) is 0. The van der Waals surface area contributed by atoms with Crippen molar-refractivity contribution in [2.24, 2.45) is 11.8 Å². The molecule has 1 nitrogen and oxygen atoms in total. The first-order valence-corrected chi connectivity index (χ1v) is 6.06. The van der Waals surface area contributed by atoms with E-state index in [1.807, 2.05) is 7.11 Å². The predicted octanol–water partition coefficient (Wildman–Crippen LogP) is 3.26. The quantitative estimate of drug-likeness (QED) is 0.558. The molecule has 2 heteroatoms. The first-order valence-electron chi connectivity index (χ1n) is 4.82. The van der Waals surface area contributed by atoms with Gasteiger partial charge in [0.25, 0.3) is 0 Å². The van der Waals surface area contributed by atoms with Gasteiger partial charge < -0.3 is 4.74 Å². The van der Waals surface area contributed by atoms with Crippen LogP contribution in [0.2, 0.25) is 0 Å². The predicted molar refractivity (Wildman–Crippen MR) is 60.8 cm³/mol. The van der Waals surface area contributed by atoms with Gasteiger partial charge in [-0.15, -0.1) is 0 Å². The van der Waals surface area contributed by atoms with E-state index in [9.17, 15) is 0 Å². The van der Waals surface area contributed by atoms with Crippen molar-refractivity contribution >= 4 is 22.6 Å². The van der Waals surface area contributed by atoms with Crippen LogP contribution in [0, 0.1) is 11.8 Å². The van der Waals surface area contributed by atoms with Gasteiger partial charge in [0.15, 0.2) is 0 Å². The summed E-state index contributed by atoms with van der Waals surface area (Å²) in [5.74, 6) is 1.78. The van der Waals surface area contributed by atoms with E-state index in [4.69, 9.17) is 4.74 Å². The highest BCUT2D eigenvalue weighted by Crippen LogP contribution is 2.35. The monoisotopic (exact) mass is 282 g/mol. The Morgan fingerprint density at radius 3 is 2.42 bits per heavy atom. The number of rotatable bonds is 2. The Morgan fingerprint density at radius 2 is 2.00 bits per heavy atom. The molecule has 2 unspecified atom stereocenters. The molecule has 0 radical (unpaired) electrons. The summed E-state index contributed by atoms with van der Waals surface area (Å²) in [6.07, 6.45) is 4.47. The molecule has 3 atom stereocenters. The van der Waals surface area contributed by atoms with Crippen molar-refractivity contribution in [3.8, 4) is 0 Å². The van der Waals surface area contributed by atoms with E-state index >= 15 is 0 Å². The molecule has 1 saturated carbocycles. The molecule has 0 bridgehead atoms. The van der Waals surface area contributed by atoms with Gasteiger partial charge in [-0.3, -0.25) is 0 Å². The molecule has 0 aromatic rings. The first-order chi connectivity index (χ1) is 5.65. The van der Waals surface area contributed by atoms with Gasteiger partial charge in [0, 0.05) is 11.0 Å². The number of ether oxygens (including phenoxy) is 1. The minimum absolute atomic E-state index is 0.514. The molecular formula is C10H19IO. The van der Waals surface area contributed by atoms with Crippen LogP contribution >= 0.6 is 22.6 Å². The topological polar surface area (TPSA) is 9.23 Å². The minimum atomic E-state index is 0.514. The van der Waals surface area contributed by atoms with E-state index in [0.29, 0.717) is 6.10 Å². The molecule has 1 aliphatic carbocycles. The van der Waals surface area contributed by atoms with Crippen LogP contribution in [0.1, 0.15) is 33.1 Å². The van der Waals surface area contributed by atoms with E-state index in [2.05, 4.69) is 36.4 Å². The molecule has 0 spiro atoms. The second-order valence-corrected chi connectivity index (χ2v) is 5.71. The van der Waals surface area contributed by atoms with E-state index in [-0.39, 0.29) is 0 Å². The standard InChI is InChI=1S/C10H19IO/c1-7(2)8-4-5-10(12-3)9(11)6-8/h7-10H,4-6H2,1-3H3/t8-,9?,10?/m0/s1. The van der Waals surface area contributed by atoms with Gasteiger partial charge in [0.1, 0.15) is 0 Å². The van der Waals surface area contributed by atoms with Crippen molar-refractivity contribution in [3.05, 3.63) is 0 Å². The van der Waals surface area contributed by atoms with Crippen LogP contribution in [-0.2, 0) is 4.74 Å². The maximum Gasteiger partial charge on any atom is 0.0689 e. The van der Waals surface area contributed by atoms with Crippen LogP contribution in [0.3, 0.4) is 0 Å². The minimum Gasteiger partial charge on any atom is -0.380 e. The molecule has 0 aliphatic heterocycles. The summed E-state index contributed by atoms with van der Waals surface area (Å²) >= 11 is 2.54. The molecule has 12 heavy (non-hydrogen) atoms. The summed E-state index contributed by atoms with van der Waals surface area (Å²) in [6.45, 7) is 4.67. The second kappa shape index (κ2) is 4.80. The van der Waals surface area contributed by atoms with Crippen LogP contribution in [0.5, 0.6) is 0 Å². The highest BCUT2D eigenvalue weighted by atomic mass is 127. The first kappa shape index (κ1) is 10.8. The lowest BCUT2D eigenvalue weighted by Gasteiger charge is -2.34. The average Bonchev–Trinajstić information content (AvgIpc) is 2.04. The van der Waals surface area contributed by atoms with Crippen molar-refractivity contribution in [1.29, 1.82) is 0 Å². The van der Waals surface area contributed by atoms with E-state index < -0.39 is 0 Å².